The number of hydrogen-bond acceptors (Lipinski definition) is 4. The molecule has 0 aromatic heterocycles. The number of benzene rings is 1. The smallest absolute Gasteiger partial charge is 0.238 e. The zero-order valence-corrected chi connectivity index (χ0v) is 11.7. The van der Waals surface area contributed by atoms with E-state index in [9.17, 15) is 13.2 Å². The van der Waals surface area contributed by atoms with Crippen LogP contribution in [0.5, 0.6) is 0 Å². The van der Waals surface area contributed by atoms with Crippen molar-refractivity contribution in [1.29, 1.82) is 0 Å². The molecule has 5 nitrogen and oxygen atoms in total. The highest BCUT2D eigenvalue weighted by Crippen LogP contribution is 2.28. The van der Waals surface area contributed by atoms with Gasteiger partial charge in [-0.05, 0) is 30.5 Å². The molecule has 0 aliphatic heterocycles. The summed E-state index contributed by atoms with van der Waals surface area (Å²) < 4.78 is 22.4. The van der Waals surface area contributed by atoms with Gasteiger partial charge in [-0.25, -0.2) is 8.42 Å². The number of anilines is 1. The molecule has 0 radical (unpaired) electrons. The predicted octanol–water partition coefficient (Wildman–Crippen LogP) is 0.804. The molecule has 1 aromatic carbocycles. The highest BCUT2D eigenvalue weighted by atomic mass is 32.2. The molecule has 0 spiro atoms. The van der Waals surface area contributed by atoms with Crippen molar-refractivity contribution >= 4 is 21.4 Å². The van der Waals surface area contributed by atoms with Crippen LogP contribution in [0.3, 0.4) is 0 Å². The summed E-state index contributed by atoms with van der Waals surface area (Å²) in [5.74, 6) is -0.736. The monoisotopic (exact) mass is 282 g/mol. The molecule has 1 aliphatic carbocycles. The van der Waals surface area contributed by atoms with Gasteiger partial charge in [0, 0.05) is 24.5 Å². The topological polar surface area (TPSA) is 80.5 Å². The first-order valence-corrected chi connectivity index (χ1v) is 8.23. The lowest BCUT2D eigenvalue weighted by molar-refractivity contribution is -0.129. The van der Waals surface area contributed by atoms with Crippen LogP contribution in [0.15, 0.2) is 24.3 Å². The number of amides is 1. The van der Waals surface area contributed by atoms with Crippen molar-refractivity contribution in [3.05, 3.63) is 29.8 Å². The zero-order valence-electron chi connectivity index (χ0n) is 10.9. The lowest BCUT2D eigenvalue weighted by Crippen LogP contribution is -2.36. The quantitative estimate of drug-likeness (QED) is 0.810. The van der Waals surface area contributed by atoms with Gasteiger partial charge >= 0.3 is 0 Å². The highest BCUT2D eigenvalue weighted by Gasteiger charge is 2.33. The van der Waals surface area contributed by atoms with Gasteiger partial charge < -0.3 is 10.6 Å². The van der Waals surface area contributed by atoms with Gasteiger partial charge in [0.15, 0.2) is 9.84 Å². The second kappa shape index (κ2) is 5.21. The second-order valence-electron chi connectivity index (χ2n) is 5.06. The summed E-state index contributed by atoms with van der Waals surface area (Å²) in [5, 5.41) is 0. The van der Waals surface area contributed by atoms with Crippen LogP contribution >= 0.6 is 0 Å². The largest absolute Gasteiger partial charge is 0.399 e. The molecule has 19 heavy (non-hydrogen) atoms. The molecule has 1 aliphatic rings. The summed E-state index contributed by atoms with van der Waals surface area (Å²) >= 11 is 0. The van der Waals surface area contributed by atoms with Crippen molar-refractivity contribution in [2.45, 2.75) is 25.4 Å². The van der Waals surface area contributed by atoms with E-state index in [1.165, 1.54) is 0 Å². The summed E-state index contributed by atoms with van der Waals surface area (Å²) in [6, 6.07) is 7.46. The van der Waals surface area contributed by atoms with Crippen molar-refractivity contribution in [2.75, 3.05) is 17.7 Å². The molecule has 0 bridgehead atoms. The van der Waals surface area contributed by atoms with Crippen LogP contribution in [-0.2, 0) is 21.2 Å². The average Bonchev–Trinajstić information content (AvgIpc) is 3.09. The summed E-state index contributed by atoms with van der Waals surface area (Å²) in [7, 11) is -3.28. The van der Waals surface area contributed by atoms with Gasteiger partial charge in [-0.2, -0.15) is 0 Å². The zero-order chi connectivity index (χ0) is 14.0. The molecule has 1 saturated carbocycles. The fourth-order valence-electron chi connectivity index (χ4n) is 1.93. The van der Waals surface area contributed by atoms with E-state index >= 15 is 0 Å². The molecule has 1 amide bonds. The summed E-state index contributed by atoms with van der Waals surface area (Å²) in [5.41, 5.74) is 7.24. The Balaban J connectivity index is 2.08. The Bertz CT molecular complexity index is 562. The maximum absolute atomic E-state index is 12.0. The van der Waals surface area contributed by atoms with E-state index in [0.29, 0.717) is 12.2 Å². The molecule has 1 aromatic rings. The Morgan fingerprint density at radius 3 is 2.37 bits per heavy atom. The maximum atomic E-state index is 12.0. The third kappa shape index (κ3) is 4.24. The normalized spacial score (nSPS) is 15.2. The van der Waals surface area contributed by atoms with Gasteiger partial charge in [-0.15, -0.1) is 0 Å². The van der Waals surface area contributed by atoms with Gasteiger partial charge in [-0.1, -0.05) is 12.1 Å². The molecule has 2 N–H and O–H groups in total. The van der Waals surface area contributed by atoms with Gasteiger partial charge in [-0.3, -0.25) is 4.79 Å². The van der Waals surface area contributed by atoms with Crippen molar-refractivity contribution in [1.82, 2.24) is 4.90 Å². The van der Waals surface area contributed by atoms with E-state index in [1.54, 1.807) is 17.0 Å². The predicted molar refractivity (Wildman–Crippen MR) is 74.1 cm³/mol. The van der Waals surface area contributed by atoms with Crippen LogP contribution in [0.2, 0.25) is 0 Å². The summed E-state index contributed by atoms with van der Waals surface area (Å²) in [6.45, 7) is 0.444. The minimum atomic E-state index is -3.28. The number of sulfone groups is 1. The number of nitrogen functional groups attached to an aromatic ring is 1. The Morgan fingerprint density at radius 1 is 1.32 bits per heavy atom. The van der Waals surface area contributed by atoms with Crippen LogP contribution in [0, 0.1) is 0 Å². The summed E-state index contributed by atoms with van der Waals surface area (Å²) in [4.78, 5) is 13.7. The fourth-order valence-corrected chi connectivity index (χ4v) is 2.55. The van der Waals surface area contributed by atoms with E-state index < -0.39 is 15.6 Å². The molecule has 104 valence electrons. The molecule has 1 fully saturated rings. The number of rotatable bonds is 5. The second-order valence-corrected chi connectivity index (χ2v) is 7.20. The number of hydrogen-bond donors (Lipinski definition) is 1. The molecule has 2 rings (SSSR count). The fraction of sp³-hybridized carbons (Fsp3) is 0.462. The first kappa shape index (κ1) is 13.9. The maximum Gasteiger partial charge on any atom is 0.238 e. The third-order valence-electron chi connectivity index (χ3n) is 3.03. The lowest BCUT2D eigenvalue weighted by Gasteiger charge is -2.22. The van der Waals surface area contributed by atoms with Crippen molar-refractivity contribution < 1.29 is 13.2 Å². The minimum Gasteiger partial charge on any atom is -0.399 e. The Morgan fingerprint density at radius 2 is 1.89 bits per heavy atom. The van der Waals surface area contributed by atoms with Crippen molar-refractivity contribution in [3.8, 4) is 0 Å². The van der Waals surface area contributed by atoms with Crippen LogP contribution < -0.4 is 5.73 Å². The number of nitrogens with zero attached hydrogens (tertiary/aromatic N) is 1. The number of carbonyl (C=O) groups excluding carboxylic acids is 1. The molecular formula is C13H18N2O3S. The Kier molecular flexibility index (Phi) is 3.80. The van der Waals surface area contributed by atoms with Crippen LogP contribution in [0.1, 0.15) is 18.4 Å². The SMILES string of the molecule is CS(=O)(=O)CC(=O)N(Cc1ccc(N)cc1)C1CC1. The molecule has 0 unspecified atom stereocenters. The first-order valence-electron chi connectivity index (χ1n) is 6.17. The van der Waals surface area contributed by atoms with Crippen LogP contribution in [0.4, 0.5) is 5.69 Å². The molecular weight excluding hydrogens is 264 g/mol. The van der Waals surface area contributed by atoms with Gasteiger partial charge in [0.2, 0.25) is 5.91 Å². The van der Waals surface area contributed by atoms with E-state index in [-0.39, 0.29) is 11.9 Å². The minimum absolute atomic E-state index is 0.187. The Hall–Kier alpha value is -1.56. The molecule has 0 saturated heterocycles. The number of carbonyl (C=O) groups is 1. The van der Waals surface area contributed by atoms with Gasteiger partial charge in [0.05, 0.1) is 0 Å². The van der Waals surface area contributed by atoms with Crippen LogP contribution in [0.25, 0.3) is 0 Å². The van der Waals surface area contributed by atoms with E-state index in [2.05, 4.69) is 0 Å². The van der Waals surface area contributed by atoms with Gasteiger partial charge in [0.25, 0.3) is 0 Å². The molecule has 0 atom stereocenters. The first-order chi connectivity index (χ1) is 8.85. The molecule has 0 heterocycles. The Labute approximate surface area is 113 Å². The van der Waals surface area contributed by atoms with E-state index in [4.69, 9.17) is 5.73 Å². The van der Waals surface area contributed by atoms with Crippen molar-refractivity contribution in [2.24, 2.45) is 0 Å². The third-order valence-corrected chi connectivity index (χ3v) is 3.80. The molecule has 6 heteroatoms. The van der Waals surface area contributed by atoms with Crippen LogP contribution in [-0.4, -0.2) is 37.3 Å². The summed E-state index contributed by atoms with van der Waals surface area (Å²) in [6.07, 6.45) is 2.98. The van der Waals surface area contributed by atoms with E-state index in [0.717, 1.165) is 24.7 Å². The van der Waals surface area contributed by atoms with E-state index in [1.807, 2.05) is 12.1 Å². The van der Waals surface area contributed by atoms with Crippen molar-refractivity contribution in [3.63, 3.8) is 0 Å². The lowest BCUT2D eigenvalue weighted by atomic mass is 10.2. The van der Waals surface area contributed by atoms with Gasteiger partial charge in [0.1, 0.15) is 5.75 Å². The highest BCUT2D eigenvalue weighted by molar-refractivity contribution is 7.91. The number of nitrogens with two attached hydrogens (primary N) is 1. The standard InChI is InChI=1S/C13H18N2O3S/c1-19(17,18)9-13(16)15(12-6-7-12)8-10-2-4-11(14)5-3-10/h2-5,12H,6-9,14H2,1H3. The average molecular weight is 282 g/mol.